The molecule has 0 bridgehead atoms. The van der Waals surface area contributed by atoms with Crippen LogP contribution in [0, 0.1) is 5.82 Å². The van der Waals surface area contributed by atoms with E-state index in [1.807, 2.05) is 24.3 Å². The van der Waals surface area contributed by atoms with E-state index in [1.165, 1.54) is 31.0 Å². The maximum absolute atomic E-state index is 13.4. The highest BCUT2D eigenvalue weighted by molar-refractivity contribution is 7.99. The summed E-state index contributed by atoms with van der Waals surface area (Å²) in [7, 11) is 4.63. The van der Waals surface area contributed by atoms with Gasteiger partial charge in [0, 0.05) is 30.5 Å². The van der Waals surface area contributed by atoms with Crippen LogP contribution in [-0.2, 0) is 16.1 Å². The molecule has 0 unspecified atom stereocenters. The van der Waals surface area contributed by atoms with Crippen LogP contribution in [0.25, 0.3) is 0 Å². The zero-order valence-corrected chi connectivity index (χ0v) is 17.1. The third-order valence-electron chi connectivity index (χ3n) is 4.17. The molecule has 5 nitrogen and oxygen atoms in total. The zero-order chi connectivity index (χ0) is 20.5. The fraction of sp³-hybridized carbons (Fsp3) is 0.333. The number of hydrogen-bond donors (Lipinski definition) is 0. The number of para-hydroxylation sites is 1. The van der Waals surface area contributed by atoms with Gasteiger partial charge in [-0.3, -0.25) is 4.79 Å². The van der Waals surface area contributed by atoms with E-state index in [1.54, 1.807) is 25.1 Å². The van der Waals surface area contributed by atoms with Gasteiger partial charge in [0.25, 0.3) is 0 Å². The molecule has 1 amide bonds. The Bertz CT molecular complexity index is 828. The first-order valence-electron chi connectivity index (χ1n) is 8.82. The Balaban J connectivity index is 1.85. The summed E-state index contributed by atoms with van der Waals surface area (Å²) in [5.74, 6) is 0.347. The van der Waals surface area contributed by atoms with Crippen molar-refractivity contribution in [1.29, 1.82) is 0 Å². The summed E-state index contributed by atoms with van der Waals surface area (Å²) >= 11 is 1.40. The van der Waals surface area contributed by atoms with Crippen LogP contribution in [0.15, 0.2) is 47.4 Å². The maximum Gasteiger partial charge on any atom is 0.339 e. The normalized spacial score (nSPS) is 10.4. The average molecular weight is 405 g/mol. The number of esters is 1. The van der Waals surface area contributed by atoms with Crippen molar-refractivity contribution in [3.8, 4) is 5.75 Å². The summed E-state index contributed by atoms with van der Waals surface area (Å²) in [6.45, 7) is 0.473. The number of methoxy groups -OCH3 is 2. The standard InChI is InChI=1S/C21H24FNO4S/c1-23(14-15-7-4-5-8-18(15)26-2)20(24)9-6-12-28-19-11-10-16(22)13-17(19)21(25)27-3/h4-5,7-8,10-11,13H,6,9,12,14H2,1-3H3. The number of ether oxygens (including phenoxy) is 2. The van der Waals surface area contributed by atoms with E-state index in [2.05, 4.69) is 0 Å². The Morgan fingerprint density at radius 3 is 2.61 bits per heavy atom. The minimum Gasteiger partial charge on any atom is -0.496 e. The van der Waals surface area contributed by atoms with Crippen molar-refractivity contribution in [3.63, 3.8) is 0 Å². The molecule has 2 rings (SSSR count). The molecule has 0 fully saturated rings. The van der Waals surface area contributed by atoms with Gasteiger partial charge in [-0.1, -0.05) is 18.2 Å². The SMILES string of the molecule is COC(=O)c1cc(F)ccc1SCCCC(=O)N(C)Cc1ccccc1OC. The van der Waals surface area contributed by atoms with E-state index in [-0.39, 0.29) is 11.5 Å². The highest BCUT2D eigenvalue weighted by atomic mass is 32.2. The first kappa shape index (κ1) is 21.8. The van der Waals surface area contributed by atoms with E-state index < -0.39 is 11.8 Å². The Morgan fingerprint density at radius 1 is 1.14 bits per heavy atom. The number of hydrogen-bond acceptors (Lipinski definition) is 5. The summed E-state index contributed by atoms with van der Waals surface area (Å²) in [6.07, 6.45) is 1.02. The molecule has 0 atom stereocenters. The molecule has 0 N–H and O–H groups in total. The number of thioether (sulfide) groups is 1. The van der Waals surface area contributed by atoms with Crippen LogP contribution in [-0.4, -0.2) is 43.8 Å². The minimum absolute atomic E-state index is 0.0267. The lowest BCUT2D eigenvalue weighted by Crippen LogP contribution is -2.26. The number of carbonyl (C=O) groups is 2. The second-order valence-electron chi connectivity index (χ2n) is 6.15. The van der Waals surface area contributed by atoms with Gasteiger partial charge in [-0.25, -0.2) is 9.18 Å². The lowest BCUT2D eigenvalue weighted by Gasteiger charge is -2.19. The van der Waals surface area contributed by atoms with Gasteiger partial charge in [0.05, 0.1) is 19.8 Å². The van der Waals surface area contributed by atoms with Crippen LogP contribution < -0.4 is 4.74 Å². The van der Waals surface area contributed by atoms with E-state index in [9.17, 15) is 14.0 Å². The molecular weight excluding hydrogens is 381 g/mol. The summed E-state index contributed by atoms with van der Waals surface area (Å²) < 4.78 is 23.4. The first-order valence-corrected chi connectivity index (χ1v) is 9.81. The lowest BCUT2D eigenvalue weighted by molar-refractivity contribution is -0.130. The van der Waals surface area contributed by atoms with Gasteiger partial charge in [-0.15, -0.1) is 11.8 Å². The summed E-state index contributed by atoms with van der Waals surface area (Å²) in [4.78, 5) is 26.5. The van der Waals surface area contributed by atoms with Gasteiger partial charge in [0.15, 0.2) is 0 Å². The van der Waals surface area contributed by atoms with E-state index in [0.717, 1.165) is 11.3 Å². The summed E-state index contributed by atoms with van der Waals surface area (Å²) in [5, 5.41) is 0. The quantitative estimate of drug-likeness (QED) is 0.356. The van der Waals surface area contributed by atoms with Crippen LogP contribution in [0.4, 0.5) is 4.39 Å². The van der Waals surface area contributed by atoms with Gasteiger partial charge >= 0.3 is 5.97 Å². The van der Waals surface area contributed by atoms with Crippen molar-refractivity contribution in [2.75, 3.05) is 27.0 Å². The second kappa shape index (κ2) is 10.7. The van der Waals surface area contributed by atoms with Crippen molar-refractivity contribution in [2.24, 2.45) is 0 Å². The van der Waals surface area contributed by atoms with Crippen molar-refractivity contribution in [3.05, 3.63) is 59.4 Å². The van der Waals surface area contributed by atoms with Gasteiger partial charge < -0.3 is 14.4 Å². The second-order valence-corrected chi connectivity index (χ2v) is 7.28. The third kappa shape index (κ3) is 5.99. The fourth-order valence-electron chi connectivity index (χ4n) is 2.67. The Labute approximate surface area is 168 Å². The van der Waals surface area contributed by atoms with Crippen LogP contribution >= 0.6 is 11.8 Å². The highest BCUT2D eigenvalue weighted by Gasteiger charge is 2.15. The third-order valence-corrected chi connectivity index (χ3v) is 5.33. The van der Waals surface area contributed by atoms with E-state index >= 15 is 0 Å². The van der Waals surface area contributed by atoms with E-state index in [0.29, 0.717) is 30.0 Å². The van der Waals surface area contributed by atoms with Gasteiger partial charge in [0.1, 0.15) is 11.6 Å². The van der Waals surface area contributed by atoms with Gasteiger partial charge in [0.2, 0.25) is 5.91 Å². The van der Waals surface area contributed by atoms with Crippen LogP contribution in [0.1, 0.15) is 28.8 Å². The smallest absolute Gasteiger partial charge is 0.339 e. The van der Waals surface area contributed by atoms with Crippen LogP contribution in [0.2, 0.25) is 0 Å². The molecule has 2 aromatic carbocycles. The monoisotopic (exact) mass is 405 g/mol. The molecule has 2 aromatic rings. The molecule has 0 aliphatic rings. The molecule has 0 saturated carbocycles. The molecule has 7 heteroatoms. The predicted octanol–water partition coefficient (Wildman–Crippen LogP) is 4.15. The Morgan fingerprint density at radius 2 is 1.89 bits per heavy atom. The summed E-state index contributed by atoms with van der Waals surface area (Å²) in [6, 6.07) is 11.6. The largest absolute Gasteiger partial charge is 0.496 e. The van der Waals surface area contributed by atoms with Crippen molar-refractivity contribution in [2.45, 2.75) is 24.3 Å². The number of halogens is 1. The number of benzene rings is 2. The summed E-state index contributed by atoms with van der Waals surface area (Å²) in [5.41, 5.74) is 1.15. The van der Waals surface area contributed by atoms with Crippen molar-refractivity contribution >= 4 is 23.6 Å². The Kier molecular flexibility index (Phi) is 8.32. The number of rotatable bonds is 9. The predicted molar refractivity (Wildman–Crippen MR) is 107 cm³/mol. The molecule has 0 saturated heterocycles. The molecule has 0 radical (unpaired) electrons. The molecule has 28 heavy (non-hydrogen) atoms. The molecular formula is C21H24FNO4S. The minimum atomic E-state index is -0.574. The molecule has 0 heterocycles. The Hall–Kier alpha value is -2.54. The van der Waals surface area contributed by atoms with Gasteiger partial charge in [-0.2, -0.15) is 0 Å². The number of carbonyl (C=O) groups excluding carboxylic acids is 2. The van der Waals surface area contributed by atoms with Crippen LogP contribution in [0.5, 0.6) is 5.75 Å². The highest BCUT2D eigenvalue weighted by Crippen LogP contribution is 2.26. The van der Waals surface area contributed by atoms with Gasteiger partial charge in [-0.05, 0) is 36.4 Å². The van der Waals surface area contributed by atoms with E-state index in [4.69, 9.17) is 9.47 Å². The zero-order valence-electron chi connectivity index (χ0n) is 16.2. The van der Waals surface area contributed by atoms with Crippen molar-refractivity contribution in [1.82, 2.24) is 4.90 Å². The fourth-order valence-corrected chi connectivity index (χ4v) is 3.64. The first-order chi connectivity index (χ1) is 13.5. The molecule has 150 valence electrons. The lowest BCUT2D eigenvalue weighted by atomic mass is 10.2. The topological polar surface area (TPSA) is 55.8 Å². The molecule has 0 spiro atoms. The van der Waals surface area contributed by atoms with Crippen LogP contribution in [0.3, 0.4) is 0 Å². The molecule has 0 aliphatic heterocycles. The van der Waals surface area contributed by atoms with Crippen molar-refractivity contribution < 1.29 is 23.5 Å². The number of nitrogens with zero attached hydrogens (tertiary/aromatic N) is 1. The molecule has 0 aromatic heterocycles. The average Bonchev–Trinajstić information content (AvgIpc) is 2.71. The molecule has 0 aliphatic carbocycles. The maximum atomic E-state index is 13.4. The number of amides is 1.